The van der Waals surface area contributed by atoms with Gasteiger partial charge in [0.15, 0.2) is 0 Å². The number of nitrogens with one attached hydrogen (secondary N) is 1. The minimum atomic E-state index is -3.79. The molecule has 1 N–H and O–H groups in total. The molecule has 1 saturated heterocycles. The lowest BCUT2D eigenvalue weighted by molar-refractivity contribution is 0.0172. The quantitative estimate of drug-likeness (QED) is 0.694. The summed E-state index contributed by atoms with van der Waals surface area (Å²) in [4.78, 5) is 14.0. The highest BCUT2D eigenvalue weighted by molar-refractivity contribution is 7.89. The van der Waals surface area contributed by atoms with Gasteiger partial charge in [0.05, 0.1) is 30.8 Å². The van der Waals surface area contributed by atoms with E-state index in [1.807, 2.05) is 25.1 Å². The van der Waals surface area contributed by atoms with Crippen LogP contribution in [0.15, 0.2) is 53.4 Å². The lowest BCUT2D eigenvalue weighted by Gasteiger charge is -2.35. The highest BCUT2D eigenvalue weighted by Crippen LogP contribution is 2.23. The molecule has 2 aromatic rings. The number of methoxy groups -OCH3 is 1. The van der Waals surface area contributed by atoms with Crippen LogP contribution in [-0.4, -0.2) is 59.2 Å². The Labute approximate surface area is 171 Å². The second-order valence-electron chi connectivity index (χ2n) is 6.95. The van der Waals surface area contributed by atoms with E-state index in [2.05, 4.69) is 20.4 Å². The van der Waals surface area contributed by atoms with Crippen LogP contribution in [0.2, 0.25) is 0 Å². The van der Waals surface area contributed by atoms with E-state index in [0.29, 0.717) is 13.2 Å². The summed E-state index contributed by atoms with van der Waals surface area (Å²) >= 11 is 0. The van der Waals surface area contributed by atoms with Crippen molar-refractivity contribution in [3.8, 4) is 0 Å². The number of ether oxygens (including phenoxy) is 2. The summed E-state index contributed by atoms with van der Waals surface area (Å²) in [7, 11) is -2.53. The van der Waals surface area contributed by atoms with E-state index in [1.54, 1.807) is 0 Å². The average Bonchev–Trinajstić information content (AvgIpc) is 2.74. The van der Waals surface area contributed by atoms with E-state index < -0.39 is 16.0 Å². The molecular weight excluding hydrogens is 392 g/mol. The molecule has 0 bridgehead atoms. The summed E-state index contributed by atoms with van der Waals surface area (Å²) < 4.78 is 38.6. The summed E-state index contributed by atoms with van der Waals surface area (Å²) in [5, 5.41) is 0. The minimum absolute atomic E-state index is 0.0327. The molecule has 7 nitrogen and oxygen atoms in total. The fraction of sp³-hybridized carbons (Fsp3) is 0.381. The first-order valence-electron chi connectivity index (χ1n) is 9.47. The molecule has 3 rings (SSSR count). The Morgan fingerprint density at radius 2 is 1.90 bits per heavy atom. The van der Waals surface area contributed by atoms with Crippen LogP contribution in [0.5, 0.6) is 0 Å². The number of hydrogen-bond acceptors (Lipinski definition) is 6. The standard InChI is InChI=1S/C21H26N2O5S/c1-16-5-3-6-17(13-16)20(23-9-11-28-12-10-23)15-22-29(25,26)19-8-4-7-18(14-19)21(24)27-2/h3-8,13-14,20,22H,9-12,15H2,1-2H3. The van der Waals surface area contributed by atoms with Gasteiger partial charge in [-0.05, 0) is 30.7 Å². The molecule has 1 aliphatic rings. The van der Waals surface area contributed by atoms with Gasteiger partial charge in [0, 0.05) is 25.7 Å². The number of nitrogens with zero attached hydrogens (tertiary/aromatic N) is 1. The van der Waals surface area contributed by atoms with E-state index in [-0.39, 0.29) is 23.0 Å². The Morgan fingerprint density at radius 3 is 2.59 bits per heavy atom. The number of hydrogen-bond donors (Lipinski definition) is 1. The van der Waals surface area contributed by atoms with Crippen molar-refractivity contribution in [3.05, 3.63) is 65.2 Å². The number of morpholine rings is 1. The number of carbonyl (C=O) groups excluding carboxylic acids is 1. The Hall–Kier alpha value is -2.26. The lowest BCUT2D eigenvalue weighted by atomic mass is 10.0. The lowest BCUT2D eigenvalue weighted by Crippen LogP contribution is -2.43. The van der Waals surface area contributed by atoms with E-state index >= 15 is 0 Å². The highest BCUT2D eigenvalue weighted by atomic mass is 32.2. The molecule has 0 saturated carbocycles. The third kappa shape index (κ3) is 5.42. The second-order valence-corrected chi connectivity index (χ2v) is 8.72. The Bertz CT molecular complexity index is 955. The van der Waals surface area contributed by atoms with E-state index in [4.69, 9.17) is 4.74 Å². The summed E-state index contributed by atoms with van der Waals surface area (Å²) in [5.74, 6) is -0.576. The van der Waals surface area contributed by atoms with E-state index in [0.717, 1.165) is 24.2 Å². The second kappa shape index (κ2) is 9.49. The van der Waals surface area contributed by atoms with Gasteiger partial charge in [-0.15, -0.1) is 0 Å². The fourth-order valence-electron chi connectivity index (χ4n) is 3.40. The molecule has 0 amide bonds. The maximum absolute atomic E-state index is 12.9. The molecule has 1 atom stereocenters. The molecule has 1 fully saturated rings. The third-order valence-electron chi connectivity index (χ3n) is 4.95. The predicted molar refractivity (Wildman–Crippen MR) is 109 cm³/mol. The van der Waals surface area contributed by atoms with Gasteiger partial charge in [-0.1, -0.05) is 35.9 Å². The normalized spacial score (nSPS) is 16.3. The smallest absolute Gasteiger partial charge is 0.337 e. The topological polar surface area (TPSA) is 84.9 Å². The van der Waals surface area contributed by atoms with Crippen molar-refractivity contribution in [2.45, 2.75) is 17.9 Å². The Morgan fingerprint density at radius 1 is 1.17 bits per heavy atom. The average molecular weight is 419 g/mol. The molecule has 8 heteroatoms. The zero-order valence-electron chi connectivity index (χ0n) is 16.6. The van der Waals surface area contributed by atoms with Crippen molar-refractivity contribution in [2.75, 3.05) is 40.0 Å². The molecule has 1 heterocycles. The summed E-state index contributed by atoms with van der Waals surface area (Å²) in [6, 6.07) is 13.8. The first-order valence-corrected chi connectivity index (χ1v) is 11.0. The summed E-state index contributed by atoms with van der Waals surface area (Å²) in [6.07, 6.45) is 0. The fourth-order valence-corrected chi connectivity index (χ4v) is 4.49. The van der Waals surface area contributed by atoms with Crippen molar-refractivity contribution >= 4 is 16.0 Å². The number of benzene rings is 2. The maximum Gasteiger partial charge on any atom is 0.337 e. The van der Waals surface area contributed by atoms with Gasteiger partial charge in [-0.2, -0.15) is 0 Å². The van der Waals surface area contributed by atoms with Crippen LogP contribution in [0.4, 0.5) is 0 Å². The molecule has 0 radical (unpaired) electrons. The van der Waals surface area contributed by atoms with Crippen molar-refractivity contribution < 1.29 is 22.7 Å². The molecular formula is C21H26N2O5S. The maximum atomic E-state index is 12.9. The molecule has 0 aliphatic carbocycles. The van der Waals surface area contributed by atoms with Crippen LogP contribution in [-0.2, 0) is 19.5 Å². The van der Waals surface area contributed by atoms with Crippen molar-refractivity contribution in [2.24, 2.45) is 0 Å². The SMILES string of the molecule is COC(=O)c1cccc(S(=O)(=O)NCC(c2cccc(C)c2)N2CCOCC2)c1. The van der Waals surface area contributed by atoms with Crippen LogP contribution in [0.25, 0.3) is 0 Å². The Balaban J connectivity index is 1.82. The van der Waals surface area contributed by atoms with Crippen LogP contribution < -0.4 is 4.72 Å². The first-order chi connectivity index (χ1) is 13.9. The Kier molecular flexibility index (Phi) is 7.02. The first kappa shape index (κ1) is 21.4. The van der Waals surface area contributed by atoms with Gasteiger partial charge in [0.1, 0.15) is 0 Å². The van der Waals surface area contributed by atoms with Crippen molar-refractivity contribution in [3.63, 3.8) is 0 Å². The van der Waals surface area contributed by atoms with Gasteiger partial charge < -0.3 is 9.47 Å². The van der Waals surface area contributed by atoms with Gasteiger partial charge in [-0.25, -0.2) is 17.9 Å². The molecule has 156 valence electrons. The van der Waals surface area contributed by atoms with Crippen LogP contribution >= 0.6 is 0 Å². The molecule has 0 spiro atoms. The number of esters is 1. The van der Waals surface area contributed by atoms with E-state index in [1.165, 1.54) is 31.4 Å². The summed E-state index contributed by atoms with van der Waals surface area (Å²) in [5.41, 5.74) is 2.37. The third-order valence-corrected chi connectivity index (χ3v) is 6.37. The monoisotopic (exact) mass is 418 g/mol. The van der Waals surface area contributed by atoms with Crippen LogP contribution in [0.3, 0.4) is 0 Å². The van der Waals surface area contributed by atoms with E-state index in [9.17, 15) is 13.2 Å². The zero-order valence-corrected chi connectivity index (χ0v) is 17.4. The van der Waals surface area contributed by atoms with Crippen molar-refractivity contribution in [1.29, 1.82) is 0 Å². The van der Waals surface area contributed by atoms with Crippen LogP contribution in [0, 0.1) is 6.92 Å². The van der Waals surface area contributed by atoms with Crippen LogP contribution in [0.1, 0.15) is 27.5 Å². The predicted octanol–water partition coefficient (Wildman–Crippen LogP) is 2.13. The number of sulfonamides is 1. The van der Waals surface area contributed by atoms with Gasteiger partial charge >= 0.3 is 5.97 Å². The zero-order chi connectivity index (χ0) is 20.9. The molecule has 2 aromatic carbocycles. The molecule has 1 unspecified atom stereocenters. The van der Waals surface area contributed by atoms with Gasteiger partial charge in [0.25, 0.3) is 0 Å². The largest absolute Gasteiger partial charge is 0.465 e. The molecule has 1 aliphatic heterocycles. The number of rotatable bonds is 7. The van der Waals surface area contributed by atoms with Gasteiger partial charge in [-0.3, -0.25) is 4.90 Å². The minimum Gasteiger partial charge on any atom is -0.465 e. The highest BCUT2D eigenvalue weighted by Gasteiger charge is 2.25. The van der Waals surface area contributed by atoms with Crippen molar-refractivity contribution in [1.82, 2.24) is 9.62 Å². The molecule has 29 heavy (non-hydrogen) atoms. The molecule has 0 aromatic heterocycles. The van der Waals surface area contributed by atoms with Gasteiger partial charge in [0.2, 0.25) is 10.0 Å². The number of carbonyl (C=O) groups is 1. The summed E-state index contributed by atoms with van der Waals surface area (Å²) in [6.45, 7) is 4.94. The number of aryl methyl sites for hydroxylation is 1.